The molecule has 1 aliphatic rings. The molecule has 0 N–H and O–H groups in total. The van der Waals surface area contributed by atoms with Gasteiger partial charge in [0.2, 0.25) is 0 Å². The zero-order chi connectivity index (χ0) is 19.0. The lowest BCUT2D eigenvalue weighted by molar-refractivity contribution is -0.882. The van der Waals surface area contributed by atoms with Crippen molar-refractivity contribution in [2.24, 2.45) is 0 Å². The molecule has 27 heavy (non-hydrogen) atoms. The van der Waals surface area contributed by atoms with Gasteiger partial charge in [-0.05, 0) is 23.9 Å². The third kappa shape index (κ3) is 2.06. The highest BCUT2D eigenvalue weighted by Crippen LogP contribution is 2.44. The minimum Gasteiger partial charge on any atom is -0.453 e. The first kappa shape index (κ1) is 16.4. The summed E-state index contributed by atoms with van der Waals surface area (Å²) in [5.74, 6) is 0. The van der Waals surface area contributed by atoms with Crippen molar-refractivity contribution >= 4 is 38.4 Å². The summed E-state index contributed by atoms with van der Waals surface area (Å²) >= 11 is 0. The van der Waals surface area contributed by atoms with Crippen LogP contribution in [0.2, 0.25) is 0 Å². The molecule has 0 bridgehead atoms. The molecular weight excluding hydrogens is 332 g/mol. The zero-order valence-corrected chi connectivity index (χ0v) is 16.6. The molecule has 0 aliphatic carbocycles. The number of benzene rings is 3. The van der Waals surface area contributed by atoms with E-state index in [1.54, 1.807) is 0 Å². The van der Waals surface area contributed by atoms with E-state index in [0.29, 0.717) is 0 Å². The van der Waals surface area contributed by atoms with Gasteiger partial charge in [0.05, 0.1) is 26.0 Å². The van der Waals surface area contributed by atoms with Crippen molar-refractivity contribution in [1.82, 2.24) is 0 Å². The molecule has 3 nitrogen and oxygen atoms in total. The monoisotopic (exact) mass is 357 g/mol. The van der Waals surface area contributed by atoms with Gasteiger partial charge in [-0.25, -0.2) is 0 Å². The number of hydrogen-bond donors (Lipinski definition) is 0. The lowest BCUT2D eigenvalue weighted by Crippen LogP contribution is -2.57. The summed E-state index contributed by atoms with van der Waals surface area (Å²) in [4.78, 5) is 2.37. The van der Waals surface area contributed by atoms with Crippen LogP contribution in [0.25, 0.3) is 32.7 Å². The molecule has 0 spiro atoms. The van der Waals surface area contributed by atoms with E-state index in [4.69, 9.17) is 4.42 Å². The first-order valence-corrected chi connectivity index (χ1v) is 9.47. The molecule has 0 amide bonds. The van der Waals surface area contributed by atoms with Crippen LogP contribution in [0, 0.1) is 6.92 Å². The van der Waals surface area contributed by atoms with Crippen LogP contribution in [0.1, 0.15) is 19.4 Å². The Hall–Kier alpha value is -2.78. The molecule has 5 rings (SSSR count). The van der Waals surface area contributed by atoms with E-state index in [9.17, 15) is 0 Å². The Kier molecular flexibility index (Phi) is 3.12. The molecule has 0 atom stereocenters. The van der Waals surface area contributed by atoms with Crippen LogP contribution < -0.4 is 4.90 Å². The van der Waals surface area contributed by atoms with Crippen LogP contribution in [0.3, 0.4) is 0 Å². The largest absolute Gasteiger partial charge is 0.453 e. The summed E-state index contributed by atoms with van der Waals surface area (Å²) in [6.07, 6.45) is 4.45. The minimum atomic E-state index is -0.0971. The minimum absolute atomic E-state index is 0.0971. The Morgan fingerprint density at radius 2 is 1.56 bits per heavy atom. The maximum absolute atomic E-state index is 6.57. The Bertz CT molecular complexity index is 1240. The lowest BCUT2D eigenvalue weighted by atomic mass is 10.0. The van der Waals surface area contributed by atoms with E-state index in [0.717, 1.165) is 21.3 Å². The highest BCUT2D eigenvalue weighted by Gasteiger charge is 2.46. The average molecular weight is 357 g/mol. The van der Waals surface area contributed by atoms with Gasteiger partial charge in [0.1, 0.15) is 11.8 Å². The first-order valence-electron chi connectivity index (χ1n) is 9.47. The van der Waals surface area contributed by atoms with Gasteiger partial charge in [-0.15, -0.1) is 0 Å². The summed E-state index contributed by atoms with van der Waals surface area (Å²) in [7, 11) is 4.47. The molecule has 4 aromatic rings. The maximum Gasteiger partial charge on any atom is 0.176 e. The van der Waals surface area contributed by atoms with Gasteiger partial charge < -0.3 is 4.42 Å². The van der Waals surface area contributed by atoms with Gasteiger partial charge in [-0.3, -0.25) is 9.38 Å². The van der Waals surface area contributed by atoms with Crippen LogP contribution in [-0.4, -0.2) is 24.2 Å². The average Bonchev–Trinajstić information content (AvgIpc) is 3.11. The number of furan rings is 1. The van der Waals surface area contributed by atoms with Crippen molar-refractivity contribution in [2.45, 2.75) is 26.4 Å². The molecular formula is C24H25N2O+. The number of quaternary nitrogens is 1. The lowest BCUT2D eigenvalue weighted by Gasteiger charge is -2.42. The Labute approximate surface area is 159 Å². The van der Waals surface area contributed by atoms with Crippen molar-refractivity contribution in [3.8, 4) is 0 Å². The van der Waals surface area contributed by atoms with Crippen molar-refractivity contribution in [1.29, 1.82) is 0 Å². The normalized spacial score (nSPS) is 18.2. The van der Waals surface area contributed by atoms with Crippen LogP contribution in [-0.2, 0) is 0 Å². The zero-order valence-electron chi connectivity index (χ0n) is 16.6. The predicted octanol–water partition coefficient (Wildman–Crippen LogP) is 6.15. The molecule has 0 saturated carbocycles. The Morgan fingerprint density at radius 1 is 0.852 bits per heavy atom. The van der Waals surface area contributed by atoms with E-state index in [-0.39, 0.29) is 5.66 Å². The molecule has 1 aromatic heterocycles. The molecule has 0 saturated heterocycles. The smallest absolute Gasteiger partial charge is 0.176 e. The predicted molar refractivity (Wildman–Crippen MR) is 114 cm³/mol. The van der Waals surface area contributed by atoms with Gasteiger partial charge in [-0.1, -0.05) is 42.5 Å². The van der Waals surface area contributed by atoms with Crippen LogP contribution in [0.15, 0.2) is 65.3 Å². The fraction of sp³-hybridized carbons (Fsp3) is 0.250. The second-order valence-corrected chi connectivity index (χ2v) is 8.58. The number of rotatable bonds is 1. The molecule has 3 aromatic carbocycles. The molecule has 0 unspecified atom stereocenters. The van der Waals surface area contributed by atoms with Gasteiger partial charge >= 0.3 is 0 Å². The van der Waals surface area contributed by atoms with E-state index in [1.165, 1.54) is 27.1 Å². The molecule has 3 heteroatoms. The molecule has 2 heterocycles. The number of nitrogens with zero attached hydrogens (tertiary/aromatic N) is 2. The molecule has 136 valence electrons. The van der Waals surface area contributed by atoms with Crippen LogP contribution >= 0.6 is 0 Å². The summed E-state index contributed by atoms with van der Waals surface area (Å²) < 4.78 is 7.37. The molecule has 1 aliphatic heterocycles. The van der Waals surface area contributed by atoms with E-state index in [1.807, 2.05) is 0 Å². The SMILES string of the molecule is Cc1ccc2c(oc3c4ccccc4ccc23)c1N1C=C[N+](C)(C)C1(C)C. The van der Waals surface area contributed by atoms with Crippen LogP contribution in [0.4, 0.5) is 5.69 Å². The number of fused-ring (bicyclic) bond motifs is 5. The quantitative estimate of drug-likeness (QED) is 0.380. The van der Waals surface area contributed by atoms with E-state index < -0.39 is 0 Å². The fourth-order valence-corrected chi connectivity index (χ4v) is 4.18. The standard InChI is InChI=1S/C24H25N2O/c1-16-10-12-20-19-13-11-17-8-6-7-9-18(17)22(19)27-23(20)21(16)25-14-15-26(4,5)24(25,2)3/h6-15H,1-5H3/q+1. The summed E-state index contributed by atoms with van der Waals surface area (Å²) in [6, 6.07) is 17.2. The van der Waals surface area contributed by atoms with Crippen molar-refractivity contribution in [3.05, 3.63) is 66.5 Å². The fourth-order valence-electron chi connectivity index (χ4n) is 4.18. The third-order valence-electron chi connectivity index (χ3n) is 6.54. The van der Waals surface area contributed by atoms with Gasteiger partial charge in [-0.2, -0.15) is 0 Å². The van der Waals surface area contributed by atoms with Gasteiger partial charge in [0.25, 0.3) is 0 Å². The maximum atomic E-state index is 6.57. The summed E-state index contributed by atoms with van der Waals surface area (Å²) in [6.45, 7) is 6.73. The molecule has 0 radical (unpaired) electrons. The second-order valence-electron chi connectivity index (χ2n) is 8.58. The Morgan fingerprint density at radius 3 is 2.30 bits per heavy atom. The number of aryl methyl sites for hydroxylation is 1. The van der Waals surface area contributed by atoms with Crippen molar-refractivity contribution in [3.63, 3.8) is 0 Å². The summed E-state index contributed by atoms with van der Waals surface area (Å²) in [5, 5.41) is 4.74. The number of anilines is 1. The van der Waals surface area contributed by atoms with Gasteiger partial charge in [0.15, 0.2) is 11.2 Å². The first-order chi connectivity index (χ1) is 12.8. The van der Waals surface area contributed by atoms with E-state index >= 15 is 0 Å². The molecule has 0 fully saturated rings. The highest BCUT2D eigenvalue weighted by atomic mass is 16.3. The summed E-state index contributed by atoms with van der Waals surface area (Å²) in [5.41, 5.74) is 4.24. The van der Waals surface area contributed by atoms with Crippen LogP contribution in [0.5, 0.6) is 0 Å². The van der Waals surface area contributed by atoms with Crippen molar-refractivity contribution < 1.29 is 8.90 Å². The number of hydrogen-bond acceptors (Lipinski definition) is 2. The second kappa shape index (κ2) is 5.14. The Balaban J connectivity index is 1.87. The topological polar surface area (TPSA) is 16.4 Å². The van der Waals surface area contributed by atoms with E-state index in [2.05, 4.69) is 101 Å². The van der Waals surface area contributed by atoms with Gasteiger partial charge in [0, 0.05) is 30.0 Å². The third-order valence-corrected chi connectivity index (χ3v) is 6.54. The highest BCUT2D eigenvalue weighted by molar-refractivity contribution is 6.17. The van der Waals surface area contributed by atoms with Crippen molar-refractivity contribution in [2.75, 3.05) is 19.0 Å².